The molecule has 2 N–H and O–H groups in total. The predicted molar refractivity (Wildman–Crippen MR) is 116 cm³/mol. The van der Waals surface area contributed by atoms with E-state index in [1.807, 2.05) is 0 Å². The van der Waals surface area contributed by atoms with Crippen LogP contribution in [0.15, 0.2) is 24.3 Å². The van der Waals surface area contributed by atoms with Gasteiger partial charge >= 0.3 is 12.3 Å². The van der Waals surface area contributed by atoms with Gasteiger partial charge in [0.2, 0.25) is 0 Å². The molecule has 34 heavy (non-hydrogen) atoms. The van der Waals surface area contributed by atoms with Crippen molar-refractivity contribution < 1.29 is 36.9 Å². The zero-order valence-electron chi connectivity index (χ0n) is 18.8. The minimum absolute atomic E-state index is 0.104. The number of nitrogens with one attached hydrogen (secondary N) is 1. The number of carbonyl (C=O) groups is 1. The van der Waals surface area contributed by atoms with E-state index in [2.05, 4.69) is 5.32 Å². The molecule has 1 aromatic heterocycles. The number of ether oxygens (including phenoxy) is 2. The largest absolute Gasteiger partial charge is 0.416 e. The molecular formula is C24H28F4N2O4. The van der Waals surface area contributed by atoms with Crippen molar-refractivity contribution in [2.24, 2.45) is 0 Å². The average molecular weight is 484 g/mol. The second-order valence-corrected chi connectivity index (χ2v) is 8.91. The second kappa shape index (κ2) is 9.95. The monoisotopic (exact) mass is 484 g/mol. The molecule has 1 aromatic carbocycles. The molecule has 1 saturated heterocycles. The molecule has 4 rings (SSSR count). The lowest BCUT2D eigenvalue weighted by Crippen LogP contribution is -2.46. The van der Waals surface area contributed by atoms with Crippen molar-refractivity contribution >= 4 is 6.09 Å². The topological polar surface area (TPSA) is 72.7 Å². The summed E-state index contributed by atoms with van der Waals surface area (Å²) in [6.07, 6.45) is -1.69. The number of hydrogen-bond donors (Lipinski definition) is 2. The van der Waals surface area contributed by atoms with Crippen molar-refractivity contribution in [2.45, 2.75) is 76.4 Å². The summed E-state index contributed by atoms with van der Waals surface area (Å²) in [7, 11) is 0. The van der Waals surface area contributed by atoms with Gasteiger partial charge in [-0.3, -0.25) is 0 Å². The summed E-state index contributed by atoms with van der Waals surface area (Å²) >= 11 is 0. The van der Waals surface area contributed by atoms with Crippen LogP contribution in [-0.4, -0.2) is 40.6 Å². The Morgan fingerprint density at radius 2 is 1.97 bits per heavy atom. The maximum absolute atomic E-state index is 14.7. The summed E-state index contributed by atoms with van der Waals surface area (Å²) in [6.45, 7) is 2.51. The number of carbonyl (C=O) groups excluding carboxylic acids is 1. The number of amides is 1. The zero-order chi connectivity index (χ0) is 24.5. The lowest BCUT2D eigenvalue weighted by atomic mass is 9.93. The standard InChI is InChI=1S/C24H28F4N2O4/c1-14-22(34-23(32)29-19-6-2-3-7-21(19)31)12-20(30(14)13-16-5-4-10-33-16)17-11-15(24(26,27)28)8-9-18(17)25/h8-9,11-12,16,19,21,31H,2-7,10,13H2,1H3,(H,29,32)/t16-,19-,21-/m1/s1. The van der Waals surface area contributed by atoms with Crippen molar-refractivity contribution in [1.29, 1.82) is 0 Å². The maximum Gasteiger partial charge on any atom is 0.416 e. The van der Waals surface area contributed by atoms with E-state index in [0.717, 1.165) is 37.8 Å². The number of hydrogen-bond acceptors (Lipinski definition) is 4. The van der Waals surface area contributed by atoms with Crippen LogP contribution in [0.5, 0.6) is 5.75 Å². The van der Waals surface area contributed by atoms with Gasteiger partial charge < -0.3 is 24.5 Å². The van der Waals surface area contributed by atoms with Crippen LogP contribution in [0.3, 0.4) is 0 Å². The summed E-state index contributed by atoms with van der Waals surface area (Å²) in [6, 6.07) is 3.18. The maximum atomic E-state index is 14.7. The third-order valence-corrected chi connectivity index (χ3v) is 6.54. The molecule has 1 amide bonds. The van der Waals surface area contributed by atoms with Crippen LogP contribution in [0.2, 0.25) is 0 Å². The van der Waals surface area contributed by atoms with Crippen LogP contribution in [0.25, 0.3) is 11.3 Å². The first-order valence-electron chi connectivity index (χ1n) is 11.5. The van der Waals surface area contributed by atoms with Gasteiger partial charge in [0, 0.05) is 24.8 Å². The quantitative estimate of drug-likeness (QED) is 0.573. The average Bonchev–Trinajstić information content (AvgIpc) is 3.39. The molecule has 1 saturated carbocycles. The van der Waals surface area contributed by atoms with Crippen molar-refractivity contribution in [3.05, 3.63) is 41.3 Å². The molecule has 2 aliphatic rings. The van der Waals surface area contributed by atoms with Gasteiger partial charge in [-0.2, -0.15) is 13.2 Å². The first kappa shape index (κ1) is 24.5. The van der Waals surface area contributed by atoms with Gasteiger partial charge in [-0.25, -0.2) is 9.18 Å². The molecule has 0 radical (unpaired) electrons. The Bertz CT molecular complexity index is 1030. The predicted octanol–water partition coefficient (Wildman–Crippen LogP) is 5.19. The van der Waals surface area contributed by atoms with E-state index in [9.17, 15) is 27.5 Å². The van der Waals surface area contributed by atoms with Crippen molar-refractivity contribution in [1.82, 2.24) is 9.88 Å². The van der Waals surface area contributed by atoms with Crippen LogP contribution in [-0.2, 0) is 17.5 Å². The third kappa shape index (κ3) is 5.38. The third-order valence-electron chi connectivity index (χ3n) is 6.54. The Labute approximate surface area is 194 Å². The summed E-state index contributed by atoms with van der Waals surface area (Å²) in [5.41, 5.74) is -0.592. The summed E-state index contributed by atoms with van der Waals surface area (Å²) in [5.74, 6) is -0.715. The van der Waals surface area contributed by atoms with Crippen LogP contribution in [0.4, 0.5) is 22.4 Å². The van der Waals surface area contributed by atoms with E-state index in [-0.39, 0.29) is 29.7 Å². The smallest absolute Gasteiger partial charge is 0.408 e. The Morgan fingerprint density at radius 1 is 1.21 bits per heavy atom. The van der Waals surface area contributed by atoms with E-state index in [1.54, 1.807) is 11.5 Å². The summed E-state index contributed by atoms with van der Waals surface area (Å²) in [5, 5.41) is 12.8. The molecule has 186 valence electrons. The number of aliphatic hydroxyl groups is 1. The van der Waals surface area contributed by atoms with Gasteiger partial charge in [0.25, 0.3) is 0 Å². The van der Waals surface area contributed by atoms with E-state index in [4.69, 9.17) is 9.47 Å². The molecule has 2 aromatic rings. The minimum atomic E-state index is -4.64. The molecule has 1 aliphatic heterocycles. The van der Waals surface area contributed by atoms with Gasteiger partial charge in [0.15, 0.2) is 5.75 Å². The number of alkyl halides is 3. The first-order chi connectivity index (χ1) is 16.1. The van der Waals surface area contributed by atoms with Crippen molar-refractivity contribution in [3.63, 3.8) is 0 Å². The Kier molecular flexibility index (Phi) is 7.18. The number of aliphatic hydroxyl groups excluding tert-OH is 1. The van der Waals surface area contributed by atoms with Gasteiger partial charge in [0.05, 0.1) is 35.2 Å². The fourth-order valence-corrected chi connectivity index (χ4v) is 4.63. The molecule has 2 heterocycles. The normalized spacial score (nSPS) is 23.2. The summed E-state index contributed by atoms with van der Waals surface area (Å²) in [4.78, 5) is 12.5. The van der Waals surface area contributed by atoms with Gasteiger partial charge in [-0.15, -0.1) is 0 Å². The minimum Gasteiger partial charge on any atom is -0.408 e. The number of benzene rings is 1. The molecule has 0 unspecified atom stereocenters. The van der Waals surface area contributed by atoms with Crippen LogP contribution in [0.1, 0.15) is 49.8 Å². The van der Waals surface area contributed by atoms with Gasteiger partial charge in [-0.1, -0.05) is 12.8 Å². The van der Waals surface area contributed by atoms with Crippen molar-refractivity contribution in [2.75, 3.05) is 6.61 Å². The highest BCUT2D eigenvalue weighted by Gasteiger charge is 2.32. The lowest BCUT2D eigenvalue weighted by Gasteiger charge is -2.27. The molecule has 10 heteroatoms. The number of nitrogens with zero attached hydrogens (tertiary/aromatic N) is 1. The molecular weight excluding hydrogens is 456 g/mol. The molecule has 6 nitrogen and oxygen atoms in total. The second-order valence-electron chi connectivity index (χ2n) is 8.91. The van der Waals surface area contributed by atoms with Gasteiger partial charge in [0.1, 0.15) is 5.82 Å². The highest BCUT2D eigenvalue weighted by atomic mass is 19.4. The van der Waals surface area contributed by atoms with Crippen LogP contribution >= 0.6 is 0 Å². The summed E-state index contributed by atoms with van der Waals surface area (Å²) < 4.78 is 67.4. The highest BCUT2D eigenvalue weighted by molar-refractivity contribution is 5.73. The van der Waals surface area contributed by atoms with Crippen LogP contribution < -0.4 is 10.1 Å². The van der Waals surface area contributed by atoms with E-state index in [1.165, 1.54) is 6.07 Å². The lowest BCUT2D eigenvalue weighted by molar-refractivity contribution is -0.137. The van der Waals surface area contributed by atoms with Gasteiger partial charge in [-0.05, 0) is 50.8 Å². The number of rotatable bonds is 5. The first-order valence-corrected chi connectivity index (χ1v) is 11.5. The molecule has 2 fully saturated rings. The van der Waals surface area contributed by atoms with E-state index in [0.29, 0.717) is 31.2 Å². The Balaban J connectivity index is 1.66. The zero-order valence-corrected chi connectivity index (χ0v) is 18.8. The van der Waals surface area contributed by atoms with E-state index < -0.39 is 35.8 Å². The highest BCUT2D eigenvalue weighted by Crippen LogP contribution is 2.37. The number of aromatic nitrogens is 1. The molecule has 0 spiro atoms. The molecule has 3 atom stereocenters. The molecule has 0 bridgehead atoms. The fourth-order valence-electron chi connectivity index (χ4n) is 4.63. The van der Waals surface area contributed by atoms with E-state index >= 15 is 0 Å². The van der Waals surface area contributed by atoms with Crippen LogP contribution in [0, 0.1) is 12.7 Å². The van der Waals surface area contributed by atoms with Crippen molar-refractivity contribution in [3.8, 4) is 17.0 Å². The molecule has 1 aliphatic carbocycles. The Hall–Kier alpha value is -2.59. The number of halogens is 4. The Morgan fingerprint density at radius 3 is 2.65 bits per heavy atom. The SMILES string of the molecule is Cc1c(OC(=O)N[C@@H]2CCCC[C@H]2O)cc(-c2cc(C(F)(F)F)ccc2F)n1C[C@H]1CCCO1. The fraction of sp³-hybridized carbons (Fsp3) is 0.542.